The van der Waals surface area contributed by atoms with Crippen molar-refractivity contribution in [1.29, 1.82) is 0 Å². The number of rotatable bonds is 9. The first-order valence-electron chi connectivity index (χ1n) is 10.6. The number of aryl methyl sites for hydroxylation is 1. The number of hydrogen-bond acceptors (Lipinski definition) is 5. The van der Waals surface area contributed by atoms with E-state index in [1.807, 2.05) is 37.4 Å². The number of anilines is 1. The summed E-state index contributed by atoms with van der Waals surface area (Å²) in [6, 6.07) is 7.80. The minimum absolute atomic E-state index is 0. The quantitative estimate of drug-likeness (QED) is 0.249. The molecule has 0 spiro atoms. The van der Waals surface area contributed by atoms with Crippen LogP contribution in [0.1, 0.15) is 42.1 Å². The zero-order chi connectivity index (χ0) is 21.2. The van der Waals surface area contributed by atoms with E-state index in [1.165, 1.54) is 4.88 Å². The van der Waals surface area contributed by atoms with Crippen molar-refractivity contribution < 1.29 is 9.53 Å². The number of aliphatic imine (C=N–C) groups is 1. The fraction of sp³-hybridized carbons (Fsp3) is 0.500. The van der Waals surface area contributed by atoms with E-state index in [9.17, 15) is 4.79 Å². The molecule has 1 saturated heterocycles. The molecule has 3 N–H and O–H groups in total. The van der Waals surface area contributed by atoms with Crippen LogP contribution in [0.3, 0.4) is 0 Å². The predicted octanol–water partition coefficient (Wildman–Crippen LogP) is 3.74. The molecule has 0 bridgehead atoms. The highest BCUT2D eigenvalue weighted by Crippen LogP contribution is 2.17. The smallest absolute Gasteiger partial charge is 0.253 e. The average Bonchev–Trinajstić information content (AvgIpc) is 3.44. The fourth-order valence-corrected chi connectivity index (χ4v) is 4.04. The van der Waals surface area contributed by atoms with Gasteiger partial charge in [-0.2, -0.15) is 0 Å². The Hall–Kier alpha value is -1.72. The van der Waals surface area contributed by atoms with Crippen LogP contribution in [0.2, 0.25) is 0 Å². The lowest BCUT2D eigenvalue weighted by Gasteiger charge is -2.12. The van der Waals surface area contributed by atoms with Crippen molar-refractivity contribution in [3.63, 3.8) is 0 Å². The minimum Gasteiger partial charge on any atom is -0.368 e. The lowest BCUT2D eigenvalue weighted by atomic mass is 10.2. The number of nitrogens with one attached hydrogen (secondary N) is 3. The molecule has 9 heteroatoms. The van der Waals surface area contributed by atoms with E-state index in [1.54, 1.807) is 11.3 Å². The predicted molar refractivity (Wildman–Crippen MR) is 137 cm³/mol. The summed E-state index contributed by atoms with van der Waals surface area (Å²) in [6.07, 6.45) is 5.26. The van der Waals surface area contributed by atoms with Crippen LogP contribution in [0.4, 0.5) is 5.69 Å². The van der Waals surface area contributed by atoms with Gasteiger partial charge in [0, 0.05) is 42.9 Å². The molecule has 2 aromatic rings. The number of thiazole rings is 1. The molecule has 0 saturated carbocycles. The Morgan fingerprint density at radius 1 is 1.32 bits per heavy atom. The molecule has 7 nitrogen and oxygen atoms in total. The average molecular weight is 558 g/mol. The van der Waals surface area contributed by atoms with E-state index in [2.05, 4.69) is 32.9 Å². The maximum Gasteiger partial charge on any atom is 0.253 e. The van der Waals surface area contributed by atoms with Gasteiger partial charge in [0.1, 0.15) is 6.10 Å². The van der Waals surface area contributed by atoms with Gasteiger partial charge in [-0.05, 0) is 43.9 Å². The summed E-state index contributed by atoms with van der Waals surface area (Å²) in [5.41, 5.74) is 1.81. The second kappa shape index (κ2) is 13.6. The van der Waals surface area contributed by atoms with Gasteiger partial charge in [-0.15, -0.1) is 35.3 Å². The zero-order valence-corrected chi connectivity index (χ0v) is 21.3. The topological polar surface area (TPSA) is 87.6 Å². The van der Waals surface area contributed by atoms with Crippen molar-refractivity contribution in [3.05, 3.63) is 45.9 Å². The molecule has 1 aliphatic rings. The Labute approximate surface area is 205 Å². The van der Waals surface area contributed by atoms with Gasteiger partial charge in [-0.3, -0.25) is 4.79 Å². The molecule has 2 heterocycles. The second-order valence-corrected chi connectivity index (χ2v) is 8.34. The van der Waals surface area contributed by atoms with Crippen LogP contribution in [0.15, 0.2) is 35.5 Å². The molecule has 1 aromatic heterocycles. The molecular formula is C22H32IN5O2S. The van der Waals surface area contributed by atoms with Crippen LogP contribution in [0.25, 0.3) is 0 Å². The van der Waals surface area contributed by atoms with Crippen LogP contribution in [0, 0.1) is 0 Å². The zero-order valence-electron chi connectivity index (χ0n) is 18.1. The molecule has 31 heavy (non-hydrogen) atoms. The van der Waals surface area contributed by atoms with Crippen molar-refractivity contribution in [2.45, 2.75) is 52.2 Å². The maximum absolute atomic E-state index is 12.2. The van der Waals surface area contributed by atoms with Crippen LogP contribution < -0.4 is 16.0 Å². The summed E-state index contributed by atoms with van der Waals surface area (Å²) in [5.74, 6) is 0.704. The Morgan fingerprint density at radius 2 is 2.19 bits per heavy atom. The molecular weight excluding hydrogens is 525 g/mol. The van der Waals surface area contributed by atoms with Crippen molar-refractivity contribution in [3.8, 4) is 0 Å². The molecule has 0 radical (unpaired) electrons. The maximum atomic E-state index is 12.2. The van der Waals surface area contributed by atoms with E-state index in [0.29, 0.717) is 13.2 Å². The first-order valence-corrected chi connectivity index (χ1v) is 11.5. The number of carbonyl (C=O) groups excluding carboxylic acids is 1. The third-order valence-corrected chi connectivity index (χ3v) is 5.96. The normalized spacial score (nSPS) is 15.9. The minimum atomic E-state index is -0.331. The number of aromatic nitrogens is 1. The van der Waals surface area contributed by atoms with E-state index in [-0.39, 0.29) is 36.0 Å². The molecule has 1 fully saturated rings. The fourth-order valence-electron chi connectivity index (χ4n) is 3.18. The highest BCUT2D eigenvalue weighted by molar-refractivity contribution is 14.0. The number of hydrogen-bond donors (Lipinski definition) is 3. The first-order chi connectivity index (χ1) is 14.7. The number of nitrogens with zero attached hydrogens (tertiary/aromatic N) is 2. The van der Waals surface area contributed by atoms with E-state index in [4.69, 9.17) is 4.74 Å². The van der Waals surface area contributed by atoms with Gasteiger partial charge >= 0.3 is 0 Å². The Morgan fingerprint density at radius 3 is 2.90 bits per heavy atom. The number of halogens is 1. The van der Waals surface area contributed by atoms with Gasteiger partial charge in [0.05, 0.1) is 11.6 Å². The summed E-state index contributed by atoms with van der Waals surface area (Å²) < 4.78 is 5.45. The molecule has 3 rings (SSSR count). The Balaban J connectivity index is 0.00000341. The van der Waals surface area contributed by atoms with Crippen LogP contribution >= 0.6 is 35.3 Å². The second-order valence-electron chi connectivity index (χ2n) is 7.14. The summed E-state index contributed by atoms with van der Waals surface area (Å²) >= 11 is 1.77. The molecule has 1 atom stereocenters. The standard InChI is InChI=1S/C22H31N5O2S.HI/c1-3-18-15-25-20(30-18)10-11-24-22(23-4-2)26-14-16-7-5-8-17(13-16)27-21(28)19-9-6-12-29-19;/h5,7-8,13,15,19H,3-4,6,9-12,14H2,1-2H3,(H,27,28)(H2,23,24,26);1H. The summed E-state index contributed by atoms with van der Waals surface area (Å²) in [5, 5.41) is 10.7. The van der Waals surface area contributed by atoms with Crippen molar-refractivity contribution in [2.24, 2.45) is 4.99 Å². The lowest BCUT2D eigenvalue weighted by molar-refractivity contribution is -0.124. The van der Waals surface area contributed by atoms with Crippen molar-refractivity contribution in [1.82, 2.24) is 15.6 Å². The Kier molecular flexibility index (Phi) is 11.2. The molecule has 0 aliphatic carbocycles. The van der Waals surface area contributed by atoms with E-state index in [0.717, 1.165) is 61.0 Å². The summed E-state index contributed by atoms with van der Waals surface area (Å²) in [7, 11) is 0. The number of ether oxygens (including phenoxy) is 1. The molecule has 170 valence electrons. The largest absolute Gasteiger partial charge is 0.368 e. The molecule has 1 amide bonds. The van der Waals surface area contributed by atoms with Gasteiger partial charge in [-0.25, -0.2) is 9.98 Å². The van der Waals surface area contributed by atoms with Crippen molar-refractivity contribution in [2.75, 3.05) is 25.0 Å². The molecule has 1 unspecified atom stereocenters. The number of amides is 1. The van der Waals surface area contributed by atoms with Gasteiger partial charge in [-0.1, -0.05) is 19.1 Å². The lowest BCUT2D eigenvalue weighted by Crippen LogP contribution is -2.38. The van der Waals surface area contributed by atoms with Crippen LogP contribution in [-0.2, 0) is 28.9 Å². The number of carbonyl (C=O) groups is 1. The van der Waals surface area contributed by atoms with Gasteiger partial charge in [0.15, 0.2) is 5.96 Å². The Bertz CT molecular complexity index is 852. The van der Waals surface area contributed by atoms with Crippen LogP contribution in [0.5, 0.6) is 0 Å². The van der Waals surface area contributed by atoms with Gasteiger partial charge in [0.2, 0.25) is 0 Å². The number of benzene rings is 1. The van der Waals surface area contributed by atoms with Gasteiger partial charge < -0.3 is 20.7 Å². The highest BCUT2D eigenvalue weighted by Gasteiger charge is 2.23. The SMILES string of the molecule is CCNC(=NCc1cccc(NC(=O)C2CCCO2)c1)NCCc1ncc(CC)s1.I. The van der Waals surface area contributed by atoms with Gasteiger partial charge in [0.25, 0.3) is 5.91 Å². The molecule has 1 aromatic carbocycles. The number of guanidine groups is 1. The molecule has 1 aliphatic heterocycles. The monoisotopic (exact) mass is 557 g/mol. The third kappa shape index (κ3) is 8.38. The van der Waals surface area contributed by atoms with E-state index < -0.39 is 0 Å². The summed E-state index contributed by atoms with van der Waals surface area (Å²) in [4.78, 5) is 22.7. The van der Waals surface area contributed by atoms with E-state index >= 15 is 0 Å². The van der Waals surface area contributed by atoms with Crippen molar-refractivity contribution >= 4 is 52.9 Å². The highest BCUT2D eigenvalue weighted by atomic mass is 127. The third-order valence-electron chi connectivity index (χ3n) is 4.76. The summed E-state index contributed by atoms with van der Waals surface area (Å²) in [6.45, 7) is 6.95. The van der Waals surface area contributed by atoms with Crippen LogP contribution in [-0.4, -0.2) is 42.7 Å². The first kappa shape index (κ1) is 25.5.